The predicted octanol–water partition coefficient (Wildman–Crippen LogP) is 6.73. The summed E-state index contributed by atoms with van der Waals surface area (Å²) in [6.45, 7) is 3.76. The van der Waals surface area contributed by atoms with Gasteiger partial charge in [-0.05, 0) is 56.2 Å². The molecule has 194 valence electrons. The average molecular weight is 579 g/mol. The van der Waals surface area contributed by atoms with Crippen molar-refractivity contribution in [3.05, 3.63) is 51.1 Å². The molecule has 0 unspecified atom stereocenters. The maximum Gasteiger partial charge on any atom is 0.573 e. The van der Waals surface area contributed by atoms with Crippen molar-refractivity contribution in [3.63, 3.8) is 0 Å². The van der Waals surface area contributed by atoms with E-state index in [1.807, 2.05) is 6.92 Å². The molecule has 0 amide bonds. The van der Waals surface area contributed by atoms with Gasteiger partial charge in [-0.15, -0.1) is 35.8 Å². The van der Waals surface area contributed by atoms with Gasteiger partial charge in [-0.25, -0.2) is 13.4 Å². The summed E-state index contributed by atoms with van der Waals surface area (Å²) < 4.78 is 69.2. The molecule has 6 nitrogen and oxygen atoms in total. The summed E-state index contributed by atoms with van der Waals surface area (Å²) >= 11 is 8.23. The van der Waals surface area contributed by atoms with E-state index in [1.165, 1.54) is 52.0 Å². The number of aromatic nitrogens is 1. The average Bonchev–Trinajstić information content (AvgIpc) is 3.53. The van der Waals surface area contributed by atoms with Gasteiger partial charge in [0.25, 0.3) is 10.0 Å². The van der Waals surface area contributed by atoms with Gasteiger partial charge >= 0.3 is 6.36 Å². The molecule has 1 aliphatic heterocycles. The fourth-order valence-corrected chi connectivity index (χ4v) is 8.52. The Kier molecular flexibility index (Phi) is 7.55. The molecule has 1 saturated heterocycles. The number of thiazole rings is 1. The summed E-state index contributed by atoms with van der Waals surface area (Å²) in [5.74, 6) is -0.791. The smallest absolute Gasteiger partial charge is 0.406 e. The third kappa shape index (κ3) is 5.62. The standard InChI is InChI=1S/C23H22ClF3N2O4S3/c1-14(21-28-17(13-34-21)15-4-6-16(7-5-15)33-23(25,26)27)12-18(30)22(2)10-3-11-29(22)36(31,32)20-9-8-19(24)35-20/h4-9,13-14H,3,10-12H2,1-2H3/t14-,22+/m1/s1. The Balaban J connectivity index is 1.47. The predicted molar refractivity (Wildman–Crippen MR) is 133 cm³/mol. The zero-order chi connectivity index (χ0) is 26.3. The SMILES string of the molecule is C[C@H](CC(=O)[C@]1(C)CCCN1S(=O)(=O)c1ccc(Cl)s1)c1nc(-c2ccc(OC(F)(F)F)cc2)cs1. The molecule has 2 atom stereocenters. The Morgan fingerprint density at radius 1 is 1.25 bits per heavy atom. The lowest BCUT2D eigenvalue weighted by Crippen LogP contribution is -2.50. The maximum absolute atomic E-state index is 13.4. The lowest BCUT2D eigenvalue weighted by atomic mass is 9.89. The van der Waals surface area contributed by atoms with Crippen LogP contribution in [0.2, 0.25) is 4.34 Å². The number of benzene rings is 1. The second-order valence-corrected chi connectivity index (χ2v) is 13.4. The molecule has 3 heterocycles. The Bertz CT molecular complexity index is 1360. The molecule has 0 spiro atoms. The van der Waals surface area contributed by atoms with E-state index in [2.05, 4.69) is 9.72 Å². The van der Waals surface area contributed by atoms with E-state index in [0.29, 0.717) is 33.4 Å². The lowest BCUT2D eigenvalue weighted by Gasteiger charge is -2.33. The minimum atomic E-state index is -4.76. The van der Waals surface area contributed by atoms with E-state index in [-0.39, 0.29) is 34.6 Å². The summed E-state index contributed by atoms with van der Waals surface area (Å²) in [6.07, 6.45) is -3.67. The van der Waals surface area contributed by atoms with E-state index in [4.69, 9.17) is 11.6 Å². The number of alkyl halides is 3. The van der Waals surface area contributed by atoms with E-state index < -0.39 is 21.9 Å². The van der Waals surface area contributed by atoms with Gasteiger partial charge in [0.15, 0.2) is 5.78 Å². The number of ketones is 1. The van der Waals surface area contributed by atoms with Crippen LogP contribution in [-0.2, 0) is 14.8 Å². The van der Waals surface area contributed by atoms with Crippen LogP contribution in [0.1, 0.15) is 44.0 Å². The van der Waals surface area contributed by atoms with Crippen LogP contribution < -0.4 is 4.74 Å². The second-order valence-electron chi connectivity index (χ2n) is 8.68. The monoisotopic (exact) mass is 578 g/mol. The molecule has 2 aromatic heterocycles. The van der Waals surface area contributed by atoms with Crippen molar-refractivity contribution < 1.29 is 31.1 Å². The maximum atomic E-state index is 13.4. The van der Waals surface area contributed by atoms with Gasteiger partial charge in [-0.2, -0.15) is 4.31 Å². The summed E-state index contributed by atoms with van der Waals surface area (Å²) in [5.41, 5.74) is 0.0108. The van der Waals surface area contributed by atoms with Crippen LogP contribution in [0.25, 0.3) is 11.3 Å². The van der Waals surface area contributed by atoms with E-state index >= 15 is 0 Å². The summed E-state index contributed by atoms with van der Waals surface area (Å²) in [6, 6.07) is 8.36. The zero-order valence-electron chi connectivity index (χ0n) is 19.2. The topological polar surface area (TPSA) is 76.6 Å². The van der Waals surface area contributed by atoms with E-state index in [0.717, 1.165) is 11.3 Å². The molecule has 13 heteroatoms. The first kappa shape index (κ1) is 27.1. The highest BCUT2D eigenvalue weighted by molar-refractivity contribution is 7.91. The molecule has 1 fully saturated rings. The second kappa shape index (κ2) is 10.1. The molecule has 1 aliphatic rings. The molecule has 36 heavy (non-hydrogen) atoms. The first-order valence-corrected chi connectivity index (χ1v) is 14.4. The quantitative estimate of drug-likeness (QED) is 0.296. The third-order valence-corrected chi connectivity index (χ3v) is 10.9. The molecule has 4 rings (SSSR count). The minimum Gasteiger partial charge on any atom is -0.406 e. The summed E-state index contributed by atoms with van der Waals surface area (Å²) in [7, 11) is -3.86. The van der Waals surface area contributed by atoms with Gasteiger partial charge in [0, 0.05) is 29.8 Å². The number of rotatable bonds is 8. The first-order chi connectivity index (χ1) is 16.8. The van der Waals surface area contributed by atoms with Gasteiger partial charge < -0.3 is 4.74 Å². The van der Waals surface area contributed by atoms with Crippen LogP contribution in [-0.4, -0.2) is 41.9 Å². The number of carbonyl (C=O) groups is 1. The fraction of sp³-hybridized carbons (Fsp3) is 0.391. The highest BCUT2D eigenvalue weighted by atomic mass is 35.5. The van der Waals surface area contributed by atoms with Crippen molar-refractivity contribution >= 4 is 50.1 Å². The fourth-order valence-electron chi connectivity index (χ4n) is 4.21. The van der Waals surface area contributed by atoms with Gasteiger partial charge in [-0.3, -0.25) is 4.79 Å². The Hall–Kier alpha value is -1.99. The first-order valence-electron chi connectivity index (χ1n) is 10.9. The van der Waals surface area contributed by atoms with Crippen molar-refractivity contribution in [1.82, 2.24) is 9.29 Å². The van der Waals surface area contributed by atoms with Gasteiger partial charge in [0.1, 0.15) is 9.96 Å². The van der Waals surface area contributed by atoms with Crippen LogP contribution in [0.15, 0.2) is 46.0 Å². The molecule has 0 saturated carbocycles. The molecule has 1 aromatic carbocycles. The summed E-state index contributed by atoms with van der Waals surface area (Å²) in [5, 5.41) is 2.44. The lowest BCUT2D eigenvalue weighted by molar-refractivity contribution is -0.274. The minimum absolute atomic E-state index is 0.0963. The molecular formula is C23H22ClF3N2O4S3. The van der Waals surface area contributed by atoms with Crippen molar-refractivity contribution in [3.8, 4) is 17.0 Å². The number of Topliss-reactive ketones (excluding diaryl/α,β-unsaturated/α-hetero) is 1. The van der Waals surface area contributed by atoms with Crippen LogP contribution in [0, 0.1) is 0 Å². The summed E-state index contributed by atoms with van der Waals surface area (Å²) in [4.78, 5) is 18.0. The number of hydrogen-bond acceptors (Lipinski definition) is 7. The highest BCUT2D eigenvalue weighted by Crippen LogP contribution is 2.40. The van der Waals surface area contributed by atoms with Crippen LogP contribution >= 0.6 is 34.3 Å². The number of hydrogen-bond donors (Lipinski definition) is 0. The molecule has 0 radical (unpaired) electrons. The van der Waals surface area contributed by atoms with Crippen LogP contribution in [0.3, 0.4) is 0 Å². The van der Waals surface area contributed by atoms with Crippen molar-refractivity contribution in [1.29, 1.82) is 0 Å². The molecular weight excluding hydrogens is 557 g/mol. The third-order valence-electron chi connectivity index (χ3n) is 6.09. The molecule has 0 bridgehead atoms. The van der Waals surface area contributed by atoms with Gasteiger partial charge in [-0.1, -0.05) is 18.5 Å². The largest absolute Gasteiger partial charge is 0.573 e. The number of halogens is 4. The normalized spacial score (nSPS) is 19.9. The van der Waals surface area contributed by atoms with Crippen molar-refractivity contribution in [2.24, 2.45) is 0 Å². The van der Waals surface area contributed by atoms with Crippen molar-refractivity contribution in [2.45, 2.75) is 55.1 Å². The number of sulfonamides is 1. The zero-order valence-corrected chi connectivity index (χ0v) is 22.4. The molecule has 0 N–H and O–H groups in total. The number of carbonyl (C=O) groups excluding carboxylic acids is 1. The van der Waals surface area contributed by atoms with E-state index in [1.54, 1.807) is 12.3 Å². The molecule has 3 aromatic rings. The highest BCUT2D eigenvalue weighted by Gasteiger charge is 2.49. The Morgan fingerprint density at radius 2 is 1.94 bits per heavy atom. The van der Waals surface area contributed by atoms with Gasteiger partial charge in [0.05, 0.1) is 20.6 Å². The number of thiophene rings is 1. The van der Waals surface area contributed by atoms with Crippen LogP contribution in [0.4, 0.5) is 13.2 Å². The van der Waals surface area contributed by atoms with Crippen molar-refractivity contribution in [2.75, 3.05) is 6.54 Å². The number of nitrogens with zero attached hydrogens (tertiary/aromatic N) is 2. The van der Waals surface area contributed by atoms with E-state index in [9.17, 15) is 26.4 Å². The Labute approximate surface area is 219 Å². The Morgan fingerprint density at radius 3 is 2.56 bits per heavy atom. The van der Waals surface area contributed by atoms with Gasteiger partial charge in [0.2, 0.25) is 0 Å². The van der Waals surface area contributed by atoms with Crippen LogP contribution in [0.5, 0.6) is 5.75 Å². The molecule has 0 aliphatic carbocycles. The number of ether oxygens (including phenoxy) is 1.